The van der Waals surface area contributed by atoms with Crippen LogP contribution in [0.1, 0.15) is 56.2 Å². The minimum atomic E-state index is -0.849. The fraction of sp³-hybridized carbons (Fsp3) is 0.220. The van der Waals surface area contributed by atoms with Gasteiger partial charge >= 0.3 is 0 Å². The Kier molecular flexibility index (Phi) is 5.31. The van der Waals surface area contributed by atoms with Crippen LogP contribution in [-0.4, -0.2) is 11.4 Å². The Morgan fingerprint density at radius 1 is 0.600 bits per heavy atom. The van der Waals surface area contributed by atoms with Crippen LogP contribution in [0, 0.1) is 0 Å². The highest BCUT2D eigenvalue weighted by Crippen LogP contribution is 2.56. The number of rotatable bonds is 2. The van der Waals surface area contributed by atoms with Gasteiger partial charge in [-0.25, -0.2) is 0 Å². The molecule has 3 heterocycles. The molecule has 0 N–H and O–H groups in total. The Balaban J connectivity index is 1.13. The Morgan fingerprint density at radius 3 is 2.29 bits per heavy atom. The van der Waals surface area contributed by atoms with E-state index in [4.69, 9.17) is 18.9 Å². The highest BCUT2D eigenvalue weighted by molar-refractivity contribution is 5.81. The predicted molar refractivity (Wildman–Crippen MR) is 177 cm³/mol. The molecule has 4 aromatic carbocycles. The fourth-order valence-corrected chi connectivity index (χ4v) is 7.89. The smallest absolute Gasteiger partial charge is 0.245 e. The number of para-hydroxylation sites is 1. The predicted octanol–water partition coefficient (Wildman–Crippen LogP) is 9.78. The zero-order chi connectivity index (χ0) is 30.6. The van der Waals surface area contributed by atoms with E-state index < -0.39 is 5.79 Å². The molecule has 9 rings (SSSR count). The lowest BCUT2D eigenvalue weighted by atomic mass is 9.66. The first-order chi connectivity index (χ1) is 21.7. The van der Waals surface area contributed by atoms with Crippen molar-refractivity contribution in [1.82, 2.24) is 0 Å². The zero-order valence-electron chi connectivity index (χ0n) is 25.8. The molecule has 0 bridgehead atoms. The maximum Gasteiger partial charge on any atom is 0.245 e. The molecule has 0 spiro atoms. The van der Waals surface area contributed by atoms with Crippen molar-refractivity contribution in [2.45, 2.75) is 56.3 Å². The third-order valence-electron chi connectivity index (χ3n) is 10.2. The maximum atomic E-state index is 6.59. The first-order valence-corrected chi connectivity index (χ1v) is 15.7. The molecule has 3 aliphatic heterocycles. The van der Waals surface area contributed by atoms with E-state index in [1.54, 1.807) is 0 Å². The van der Waals surface area contributed by atoms with Gasteiger partial charge in [0.25, 0.3) is 0 Å². The molecule has 45 heavy (non-hydrogen) atoms. The van der Waals surface area contributed by atoms with E-state index in [1.165, 1.54) is 16.7 Å². The minimum Gasteiger partial charge on any atom is -0.482 e. The van der Waals surface area contributed by atoms with Gasteiger partial charge in [-0.15, -0.1) is 0 Å². The number of allylic oxidation sites excluding steroid dienone is 6. The summed E-state index contributed by atoms with van der Waals surface area (Å²) < 4.78 is 25.8. The summed E-state index contributed by atoms with van der Waals surface area (Å²) in [5.41, 5.74) is 7.25. The second-order valence-corrected chi connectivity index (χ2v) is 13.5. The maximum absolute atomic E-state index is 6.59. The van der Waals surface area contributed by atoms with Crippen molar-refractivity contribution in [3.8, 4) is 45.3 Å². The van der Waals surface area contributed by atoms with E-state index in [2.05, 4.69) is 129 Å². The Labute approximate surface area is 263 Å². The van der Waals surface area contributed by atoms with Gasteiger partial charge in [0, 0.05) is 47.9 Å². The second kappa shape index (κ2) is 9.04. The highest BCUT2D eigenvalue weighted by atomic mass is 16.7. The Morgan fingerprint density at radius 2 is 1.38 bits per heavy atom. The van der Waals surface area contributed by atoms with Crippen LogP contribution in [0.5, 0.6) is 23.0 Å². The van der Waals surface area contributed by atoms with Gasteiger partial charge in [0.15, 0.2) is 0 Å². The van der Waals surface area contributed by atoms with Crippen molar-refractivity contribution >= 4 is 0 Å². The molecule has 0 saturated carbocycles. The Bertz CT molecular complexity index is 2040. The lowest BCUT2D eigenvalue weighted by molar-refractivity contribution is -0.0778. The quantitative estimate of drug-likeness (QED) is 0.233. The van der Waals surface area contributed by atoms with E-state index in [9.17, 15) is 0 Å². The van der Waals surface area contributed by atoms with Gasteiger partial charge in [-0.1, -0.05) is 66.8 Å². The molecule has 4 nitrogen and oxygen atoms in total. The monoisotopic (exact) mass is 590 g/mol. The van der Waals surface area contributed by atoms with Gasteiger partial charge < -0.3 is 18.9 Å². The first-order valence-electron chi connectivity index (χ1n) is 15.7. The molecule has 0 fully saturated rings. The van der Waals surface area contributed by atoms with Crippen LogP contribution in [-0.2, 0) is 5.41 Å². The molecule has 2 aliphatic carbocycles. The standard InChI is InChI=1S/C41H34O4/c1-39(2)43-34-20-17-27(31-12-9-14-38-41(31,4)33-11-5-6-13-36(33)42-38)23-29(34)28-18-15-26(24-37(28)44-39)25-16-19-35-30(22-25)32-10-7-8-21-40(32,3)45-35/h5-24,31-32H,1-4H3. The summed E-state index contributed by atoms with van der Waals surface area (Å²) in [5.74, 6) is 3.91. The molecule has 4 aromatic rings. The van der Waals surface area contributed by atoms with Gasteiger partial charge in [-0.3, -0.25) is 0 Å². The van der Waals surface area contributed by atoms with Crippen LogP contribution in [0.15, 0.2) is 127 Å². The summed E-state index contributed by atoms with van der Waals surface area (Å²) in [5, 5.41) is 0. The van der Waals surface area contributed by atoms with Crippen molar-refractivity contribution < 1.29 is 18.9 Å². The molecular formula is C41H34O4. The molecule has 4 heteroatoms. The van der Waals surface area contributed by atoms with E-state index in [-0.39, 0.29) is 22.9 Å². The number of fused-ring (bicyclic) bond motifs is 9. The number of ether oxygens (including phenoxy) is 4. The Hall–Kier alpha value is -4.96. The van der Waals surface area contributed by atoms with Gasteiger partial charge in [-0.05, 0) is 85.2 Å². The first kappa shape index (κ1) is 26.4. The van der Waals surface area contributed by atoms with E-state index in [0.717, 1.165) is 51.0 Å². The summed E-state index contributed by atoms with van der Waals surface area (Å²) in [6.07, 6.45) is 15.1. The van der Waals surface area contributed by atoms with Crippen molar-refractivity contribution in [2.24, 2.45) is 0 Å². The molecule has 0 aromatic heterocycles. The van der Waals surface area contributed by atoms with Gasteiger partial charge in [0.2, 0.25) is 5.79 Å². The van der Waals surface area contributed by atoms with E-state index >= 15 is 0 Å². The number of hydrogen-bond donors (Lipinski definition) is 0. The largest absolute Gasteiger partial charge is 0.482 e. The normalized spacial score (nSPS) is 27.2. The summed E-state index contributed by atoms with van der Waals surface area (Å²) in [7, 11) is 0. The molecule has 0 radical (unpaired) electrons. The number of benzene rings is 4. The topological polar surface area (TPSA) is 36.9 Å². The second-order valence-electron chi connectivity index (χ2n) is 13.5. The third kappa shape index (κ3) is 3.84. The van der Waals surface area contributed by atoms with E-state index in [0.29, 0.717) is 0 Å². The van der Waals surface area contributed by atoms with Crippen LogP contribution in [0.2, 0.25) is 0 Å². The van der Waals surface area contributed by atoms with Crippen molar-refractivity contribution in [2.75, 3.05) is 0 Å². The molecule has 222 valence electrons. The fourth-order valence-electron chi connectivity index (χ4n) is 7.89. The molecule has 4 unspecified atom stereocenters. The van der Waals surface area contributed by atoms with Crippen LogP contribution in [0.3, 0.4) is 0 Å². The van der Waals surface area contributed by atoms with Crippen LogP contribution in [0.4, 0.5) is 0 Å². The van der Waals surface area contributed by atoms with Crippen LogP contribution < -0.4 is 18.9 Å². The highest BCUT2D eigenvalue weighted by Gasteiger charge is 2.48. The molecule has 5 aliphatic rings. The zero-order valence-corrected chi connectivity index (χ0v) is 25.8. The third-order valence-corrected chi connectivity index (χ3v) is 10.2. The molecule has 0 amide bonds. The summed E-state index contributed by atoms with van der Waals surface area (Å²) in [6, 6.07) is 28.0. The molecule has 4 atom stereocenters. The van der Waals surface area contributed by atoms with E-state index in [1.807, 2.05) is 19.9 Å². The average Bonchev–Trinajstić information content (AvgIpc) is 3.46. The van der Waals surface area contributed by atoms with Crippen molar-refractivity contribution in [1.29, 1.82) is 0 Å². The van der Waals surface area contributed by atoms with Crippen LogP contribution in [0.25, 0.3) is 22.3 Å². The lowest BCUT2D eigenvalue weighted by Crippen LogP contribution is -2.34. The van der Waals surface area contributed by atoms with Crippen LogP contribution >= 0.6 is 0 Å². The van der Waals surface area contributed by atoms with Gasteiger partial charge in [0.05, 0.1) is 5.41 Å². The minimum absolute atomic E-state index is 0.0920. The average molecular weight is 591 g/mol. The lowest BCUT2D eigenvalue weighted by Gasteiger charge is -2.35. The summed E-state index contributed by atoms with van der Waals surface area (Å²) in [4.78, 5) is 0. The summed E-state index contributed by atoms with van der Waals surface area (Å²) in [6.45, 7) is 8.38. The summed E-state index contributed by atoms with van der Waals surface area (Å²) >= 11 is 0. The SMILES string of the molecule is CC1(C)Oc2cc(-c3ccc4c(c3)C3C=CC=CC3(C)O4)ccc2-c2cc(C3C=CC=C4Oc5ccccc5C43C)ccc2O1. The van der Waals surface area contributed by atoms with Crippen molar-refractivity contribution in [3.63, 3.8) is 0 Å². The molecular weight excluding hydrogens is 556 g/mol. The number of hydrogen-bond acceptors (Lipinski definition) is 4. The van der Waals surface area contributed by atoms with Crippen molar-refractivity contribution in [3.05, 3.63) is 144 Å². The van der Waals surface area contributed by atoms with Gasteiger partial charge in [0.1, 0.15) is 34.4 Å². The van der Waals surface area contributed by atoms with Gasteiger partial charge in [-0.2, -0.15) is 0 Å². The molecule has 0 saturated heterocycles.